The van der Waals surface area contributed by atoms with E-state index in [1.807, 2.05) is 6.07 Å². The highest BCUT2D eigenvalue weighted by Crippen LogP contribution is 2.53. The number of nitrogens with one attached hydrogen (secondary N) is 2. The van der Waals surface area contributed by atoms with Gasteiger partial charge < -0.3 is 25.1 Å². The van der Waals surface area contributed by atoms with Crippen LogP contribution in [0.1, 0.15) is 42.8 Å². The van der Waals surface area contributed by atoms with Gasteiger partial charge in [0, 0.05) is 19.5 Å². The first-order valence-corrected chi connectivity index (χ1v) is 11.5. The van der Waals surface area contributed by atoms with Gasteiger partial charge in [0.1, 0.15) is 11.6 Å². The summed E-state index contributed by atoms with van der Waals surface area (Å²) in [6.45, 7) is 1.75. The molecule has 35 heavy (non-hydrogen) atoms. The molecule has 1 saturated carbocycles. The van der Waals surface area contributed by atoms with Gasteiger partial charge in [0.05, 0.1) is 17.6 Å². The maximum Gasteiger partial charge on any atom is 0.320 e. The van der Waals surface area contributed by atoms with Gasteiger partial charge in [-0.15, -0.1) is 5.10 Å². The smallest absolute Gasteiger partial charge is 0.320 e. The molecule has 0 radical (unpaired) electrons. The molecule has 11 heteroatoms. The lowest BCUT2D eigenvalue weighted by molar-refractivity contribution is -0.140. The van der Waals surface area contributed by atoms with Crippen molar-refractivity contribution in [3.05, 3.63) is 54.3 Å². The highest BCUT2D eigenvalue weighted by Gasteiger charge is 2.46. The number of hydrogen-bond donors (Lipinski definition) is 3. The second-order valence-corrected chi connectivity index (χ2v) is 9.24. The first-order chi connectivity index (χ1) is 16.9. The van der Waals surface area contributed by atoms with Gasteiger partial charge in [0.25, 0.3) is 0 Å². The number of amides is 1. The molecule has 3 aromatic rings. The number of carboxylic acid groups (broad SMARTS) is 1. The predicted molar refractivity (Wildman–Crippen MR) is 125 cm³/mol. The average molecular weight is 481 g/mol. The highest BCUT2D eigenvalue weighted by atomic mass is 19.1. The van der Waals surface area contributed by atoms with Crippen LogP contribution in [0.5, 0.6) is 0 Å². The lowest BCUT2D eigenvalue weighted by Crippen LogP contribution is -2.47. The zero-order chi connectivity index (χ0) is 24.4. The fraction of sp³-hybridized carbons (Fsp3) is 0.375. The summed E-state index contributed by atoms with van der Waals surface area (Å²) in [5.74, 6) is -0.927. The third-order valence-electron chi connectivity index (χ3n) is 6.80. The minimum absolute atomic E-state index is 0.0997. The Morgan fingerprint density at radius 1 is 1.14 bits per heavy atom. The second-order valence-electron chi connectivity index (χ2n) is 9.24. The van der Waals surface area contributed by atoms with Gasteiger partial charge in [0.15, 0.2) is 0 Å². The Balaban J connectivity index is 1.13. The van der Waals surface area contributed by atoms with E-state index < -0.39 is 17.7 Å². The van der Waals surface area contributed by atoms with Crippen LogP contribution < -0.4 is 15.5 Å². The minimum atomic E-state index is -0.711. The van der Waals surface area contributed by atoms with Crippen LogP contribution in [0.15, 0.2) is 47.0 Å². The molecule has 1 saturated heterocycles. The van der Waals surface area contributed by atoms with Crippen LogP contribution in [0.4, 0.5) is 27.6 Å². The molecule has 3 heterocycles. The number of para-hydroxylation sites is 1. The van der Waals surface area contributed by atoms with Crippen LogP contribution in [0, 0.1) is 17.2 Å². The fourth-order valence-electron chi connectivity index (χ4n) is 5.05. The standard InChI is InChI=1S/C24H25FN6O4/c25-17-3-1-2-4-18(17)28-23-30-29-22(35-23)21(34)27-16-5-6-19(26-14-16)31-9-7-24(8-10-31)12-15(13-24)11-20(32)33/h1-6,14-15H,7-13H2,(H,27,34)(H,28,30)(H,32,33). The molecule has 182 valence electrons. The van der Waals surface area contributed by atoms with Crippen LogP contribution >= 0.6 is 0 Å². The SMILES string of the molecule is O=C(O)CC1CC2(CCN(c3ccc(NC(=O)c4nnc(Nc5ccccc5F)o4)cn3)CC2)C1. The van der Waals surface area contributed by atoms with E-state index in [4.69, 9.17) is 9.52 Å². The molecule has 0 atom stereocenters. The summed E-state index contributed by atoms with van der Waals surface area (Å²) in [6.07, 6.45) is 5.90. The highest BCUT2D eigenvalue weighted by molar-refractivity contribution is 6.00. The number of nitrogens with zero attached hydrogens (tertiary/aromatic N) is 4. The first kappa shape index (κ1) is 22.8. The summed E-state index contributed by atoms with van der Waals surface area (Å²) in [6, 6.07) is 9.51. The average Bonchev–Trinajstić information content (AvgIpc) is 3.29. The van der Waals surface area contributed by atoms with E-state index in [1.165, 1.54) is 12.1 Å². The molecule has 0 bridgehead atoms. The van der Waals surface area contributed by atoms with Crippen LogP contribution in [0.2, 0.25) is 0 Å². The number of aliphatic carboxylic acids is 1. The molecule has 1 amide bonds. The maximum atomic E-state index is 13.7. The van der Waals surface area contributed by atoms with Gasteiger partial charge in [-0.05, 0) is 61.3 Å². The lowest BCUT2D eigenvalue weighted by atomic mass is 9.57. The summed E-state index contributed by atoms with van der Waals surface area (Å²) < 4.78 is 19.0. The van der Waals surface area contributed by atoms with Crippen LogP contribution in [-0.2, 0) is 4.79 Å². The van der Waals surface area contributed by atoms with Crippen LogP contribution in [0.25, 0.3) is 0 Å². The van der Waals surface area contributed by atoms with Crippen molar-refractivity contribution in [3.63, 3.8) is 0 Å². The number of rotatable bonds is 7. The van der Waals surface area contributed by atoms with Gasteiger partial charge in [-0.2, -0.15) is 0 Å². The number of benzene rings is 1. The largest absolute Gasteiger partial charge is 0.481 e. The topological polar surface area (TPSA) is 133 Å². The van der Waals surface area contributed by atoms with Gasteiger partial charge in [-0.3, -0.25) is 9.59 Å². The van der Waals surface area contributed by atoms with Crippen molar-refractivity contribution < 1.29 is 23.5 Å². The third kappa shape index (κ3) is 5.08. The van der Waals surface area contributed by atoms with Gasteiger partial charge in [-0.25, -0.2) is 9.37 Å². The number of hydrogen-bond acceptors (Lipinski definition) is 8. The number of halogens is 1. The van der Waals surface area contributed by atoms with Crippen molar-refractivity contribution in [2.45, 2.75) is 32.1 Å². The molecule has 1 spiro atoms. The molecule has 0 unspecified atom stereocenters. The Bertz CT molecular complexity index is 1210. The maximum absolute atomic E-state index is 13.7. The molecule has 2 fully saturated rings. The molecular weight excluding hydrogens is 455 g/mol. The molecular formula is C24H25FN6O4. The van der Waals surface area contributed by atoms with Gasteiger partial charge >= 0.3 is 23.8 Å². The molecule has 3 N–H and O–H groups in total. The van der Waals surface area contributed by atoms with Crippen molar-refractivity contribution in [2.75, 3.05) is 28.6 Å². The normalized spacial score (nSPS) is 17.1. The molecule has 1 aromatic carbocycles. The Morgan fingerprint density at radius 2 is 1.91 bits per heavy atom. The van der Waals surface area contributed by atoms with Crippen LogP contribution in [-0.4, -0.2) is 45.3 Å². The fourth-order valence-corrected chi connectivity index (χ4v) is 5.05. The van der Waals surface area contributed by atoms with Gasteiger partial charge in [-0.1, -0.05) is 17.2 Å². The third-order valence-corrected chi connectivity index (χ3v) is 6.80. The number of aromatic nitrogens is 3. The summed E-state index contributed by atoms with van der Waals surface area (Å²) in [5, 5.41) is 21.7. The van der Waals surface area contributed by atoms with E-state index in [1.54, 1.807) is 24.4 Å². The van der Waals surface area contributed by atoms with E-state index in [9.17, 15) is 14.0 Å². The van der Waals surface area contributed by atoms with Crippen molar-refractivity contribution in [2.24, 2.45) is 11.3 Å². The monoisotopic (exact) mass is 480 g/mol. The van der Waals surface area contributed by atoms with Crippen molar-refractivity contribution in [1.29, 1.82) is 0 Å². The number of carbonyl (C=O) groups excluding carboxylic acids is 1. The van der Waals surface area contributed by atoms with Crippen molar-refractivity contribution in [1.82, 2.24) is 15.2 Å². The number of piperidine rings is 1. The summed E-state index contributed by atoms with van der Waals surface area (Å²) in [4.78, 5) is 30.0. The molecule has 1 aliphatic carbocycles. The minimum Gasteiger partial charge on any atom is -0.481 e. The van der Waals surface area contributed by atoms with Crippen LogP contribution in [0.3, 0.4) is 0 Å². The Labute approximate surface area is 200 Å². The zero-order valence-corrected chi connectivity index (χ0v) is 18.9. The Morgan fingerprint density at radius 3 is 2.60 bits per heavy atom. The number of carboxylic acids is 1. The zero-order valence-electron chi connectivity index (χ0n) is 18.9. The Kier molecular flexibility index (Phi) is 6.06. The summed E-state index contributed by atoms with van der Waals surface area (Å²) in [5.41, 5.74) is 0.919. The molecule has 2 aliphatic rings. The quantitative estimate of drug-likeness (QED) is 0.457. The molecule has 1 aliphatic heterocycles. The van der Waals surface area contributed by atoms with E-state index in [0.29, 0.717) is 11.6 Å². The van der Waals surface area contributed by atoms with E-state index >= 15 is 0 Å². The summed E-state index contributed by atoms with van der Waals surface area (Å²) in [7, 11) is 0. The van der Waals surface area contributed by atoms with E-state index in [0.717, 1.165) is 44.6 Å². The van der Waals surface area contributed by atoms with Gasteiger partial charge in [0.2, 0.25) is 0 Å². The lowest BCUT2D eigenvalue weighted by Gasteiger charge is -2.52. The first-order valence-electron chi connectivity index (χ1n) is 11.5. The second kappa shape index (κ2) is 9.32. The Hall–Kier alpha value is -4.02. The van der Waals surface area contributed by atoms with E-state index in [-0.39, 0.29) is 29.4 Å². The van der Waals surface area contributed by atoms with Crippen molar-refractivity contribution in [3.8, 4) is 0 Å². The summed E-state index contributed by atoms with van der Waals surface area (Å²) >= 11 is 0. The van der Waals surface area contributed by atoms with Crippen molar-refractivity contribution >= 4 is 35.1 Å². The number of anilines is 4. The van der Waals surface area contributed by atoms with E-state index in [2.05, 4.69) is 30.7 Å². The predicted octanol–water partition coefficient (Wildman–Crippen LogP) is 4.07. The molecule has 5 rings (SSSR count). The molecule has 10 nitrogen and oxygen atoms in total. The number of carbonyl (C=O) groups is 2. The number of pyridine rings is 1. The molecule has 2 aromatic heterocycles.